The van der Waals surface area contributed by atoms with Crippen molar-refractivity contribution in [3.63, 3.8) is 0 Å². The van der Waals surface area contributed by atoms with Gasteiger partial charge < -0.3 is 0 Å². The summed E-state index contributed by atoms with van der Waals surface area (Å²) in [5.74, 6) is 9.43. The highest BCUT2D eigenvalue weighted by atomic mass is 32.2. The fraction of sp³-hybridized carbons (Fsp3) is 0.818. The van der Waals surface area contributed by atoms with Crippen molar-refractivity contribution < 1.29 is 0 Å². The third kappa shape index (κ3) is 0.606. The normalized spacial score (nSPS) is 64.7. The summed E-state index contributed by atoms with van der Waals surface area (Å²) in [7, 11) is 0. The lowest BCUT2D eigenvalue weighted by Gasteiger charge is -2.40. The first-order valence-corrected chi connectivity index (χ1v) is 6.37. The fourth-order valence-electron chi connectivity index (χ4n) is 3.96. The topological polar surface area (TPSA) is 0 Å². The quantitative estimate of drug-likeness (QED) is 0.513. The van der Waals surface area contributed by atoms with E-state index in [2.05, 4.69) is 23.9 Å². The van der Waals surface area contributed by atoms with Crippen LogP contribution in [0.4, 0.5) is 0 Å². The molecule has 1 heteroatoms. The van der Waals surface area contributed by atoms with E-state index in [-0.39, 0.29) is 0 Å². The maximum Gasteiger partial charge on any atom is -0.00301 e. The Labute approximate surface area is 77.8 Å². The zero-order valence-electron chi connectivity index (χ0n) is 7.15. The van der Waals surface area contributed by atoms with E-state index >= 15 is 0 Å². The van der Waals surface area contributed by atoms with E-state index in [1.807, 2.05) is 0 Å². The highest BCUT2D eigenvalue weighted by molar-refractivity contribution is 7.99. The average molecular weight is 178 g/mol. The average Bonchev–Trinajstić information content (AvgIpc) is 2.77. The summed E-state index contributed by atoms with van der Waals surface area (Å²) < 4.78 is 0. The van der Waals surface area contributed by atoms with E-state index in [1.54, 1.807) is 6.42 Å². The Kier molecular flexibility index (Phi) is 1.06. The van der Waals surface area contributed by atoms with Gasteiger partial charge in [-0.2, -0.15) is 11.8 Å². The number of hydrogen-bond donors (Lipinski definition) is 0. The van der Waals surface area contributed by atoms with Crippen molar-refractivity contribution in [2.24, 2.45) is 35.5 Å². The molecule has 0 amide bonds. The van der Waals surface area contributed by atoms with Gasteiger partial charge in [-0.05, 0) is 53.4 Å². The second-order valence-electron chi connectivity index (χ2n) is 4.97. The summed E-state index contributed by atoms with van der Waals surface area (Å²) in [5.41, 5.74) is 0. The highest BCUT2D eigenvalue weighted by Crippen LogP contribution is 2.65. The van der Waals surface area contributed by atoms with Crippen LogP contribution >= 0.6 is 11.8 Å². The van der Waals surface area contributed by atoms with Gasteiger partial charge in [-0.3, -0.25) is 0 Å². The second-order valence-corrected chi connectivity index (χ2v) is 6.04. The zero-order valence-corrected chi connectivity index (χ0v) is 7.96. The largest absolute Gasteiger partial charge is 0.161 e. The molecule has 12 heavy (non-hydrogen) atoms. The molecule has 0 aromatic rings. The third-order valence-electron chi connectivity index (χ3n) is 4.59. The van der Waals surface area contributed by atoms with Crippen LogP contribution in [-0.4, -0.2) is 11.5 Å². The van der Waals surface area contributed by atoms with E-state index in [0.717, 1.165) is 35.5 Å². The van der Waals surface area contributed by atoms with Gasteiger partial charge in [-0.25, -0.2) is 0 Å². The van der Waals surface area contributed by atoms with Gasteiger partial charge in [0.05, 0.1) is 0 Å². The molecule has 5 aliphatic rings. The van der Waals surface area contributed by atoms with Crippen LogP contribution in [-0.2, 0) is 0 Å². The number of thioether (sulfide) groups is 1. The van der Waals surface area contributed by atoms with Gasteiger partial charge in [0.15, 0.2) is 0 Å². The van der Waals surface area contributed by atoms with Crippen molar-refractivity contribution in [2.75, 3.05) is 11.5 Å². The van der Waals surface area contributed by atoms with Gasteiger partial charge in [0.1, 0.15) is 0 Å². The molecule has 1 aliphatic heterocycles. The Morgan fingerprint density at radius 1 is 0.833 bits per heavy atom. The Morgan fingerprint density at radius 2 is 1.42 bits per heavy atom. The minimum Gasteiger partial charge on any atom is -0.161 e. The van der Waals surface area contributed by atoms with Crippen molar-refractivity contribution in [3.8, 4) is 0 Å². The molecule has 0 unspecified atom stereocenters. The van der Waals surface area contributed by atoms with Crippen LogP contribution in [0.1, 0.15) is 6.42 Å². The van der Waals surface area contributed by atoms with Gasteiger partial charge in [-0.15, -0.1) is 0 Å². The lowest BCUT2D eigenvalue weighted by atomic mass is 9.64. The molecule has 0 radical (unpaired) electrons. The highest BCUT2D eigenvalue weighted by Gasteiger charge is 2.59. The van der Waals surface area contributed by atoms with Gasteiger partial charge in [-0.1, -0.05) is 12.2 Å². The molecular formula is C11H14S. The van der Waals surface area contributed by atoms with Crippen LogP contribution in [0.25, 0.3) is 0 Å². The van der Waals surface area contributed by atoms with Gasteiger partial charge in [0.25, 0.3) is 0 Å². The number of hydrogen-bond acceptors (Lipinski definition) is 1. The van der Waals surface area contributed by atoms with Crippen LogP contribution in [0, 0.1) is 35.5 Å². The van der Waals surface area contributed by atoms with E-state index in [9.17, 15) is 0 Å². The minimum atomic E-state index is 1.01. The molecule has 0 aromatic carbocycles. The molecule has 5 rings (SSSR count). The smallest absolute Gasteiger partial charge is 0.00301 e. The van der Waals surface area contributed by atoms with E-state index < -0.39 is 0 Å². The first-order valence-electron chi connectivity index (χ1n) is 5.21. The Balaban J connectivity index is 1.83. The van der Waals surface area contributed by atoms with Crippen molar-refractivity contribution in [1.29, 1.82) is 0 Å². The Morgan fingerprint density at radius 3 is 2.00 bits per heavy atom. The molecule has 64 valence electrons. The number of allylic oxidation sites excluding steroid dienone is 2. The Bertz CT molecular complexity index is 234. The van der Waals surface area contributed by atoms with Gasteiger partial charge in [0, 0.05) is 0 Å². The standard InChI is InChI=1S/C11H14S/c1-2-7-9-3-8(9)6(1)10-4-12-5-11(7)10/h1-2,6-11H,3-5H2/t6-,7-,8-,9+,10+,11-/m1/s1. The molecular weight excluding hydrogens is 164 g/mol. The van der Waals surface area contributed by atoms with Crippen molar-refractivity contribution in [2.45, 2.75) is 6.42 Å². The molecule has 0 N–H and O–H groups in total. The van der Waals surface area contributed by atoms with Crippen LogP contribution in [0.15, 0.2) is 12.2 Å². The maximum absolute atomic E-state index is 2.56. The lowest BCUT2D eigenvalue weighted by Crippen LogP contribution is -2.37. The predicted octanol–water partition coefficient (Wildman–Crippen LogP) is 2.42. The van der Waals surface area contributed by atoms with Crippen LogP contribution < -0.4 is 0 Å². The molecule has 3 fully saturated rings. The van der Waals surface area contributed by atoms with Crippen molar-refractivity contribution in [3.05, 3.63) is 12.2 Å². The Hall–Kier alpha value is 0.0900. The van der Waals surface area contributed by atoms with Crippen molar-refractivity contribution >= 4 is 11.8 Å². The SMILES string of the molecule is C1=C[C@H]2[C@H]3CSC[C@H]3[C@H]1[C@H]1C[C@@H]21. The van der Waals surface area contributed by atoms with E-state index in [1.165, 1.54) is 11.5 Å². The summed E-state index contributed by atoms with van der Waals surface area (Å²) in [6.45, 7) is 0. The molecule has 2 bridgehead atoms. The minimum absolute atomic E-state index is 1.01. The first-order chi connectivity index (χ1) is 5.95. The monoisotopic (exact) mass is 178 g/mol. The zero-order chi connectivity index (χ0) is 7.71. The van der Waals surface area contributed by atoms with Crippen LogP contribution in [0.2, 0.25) is 0 Å². The lowest BCUT2D eigenvalue weighted by molar-refractivity contribution is 0.156. The predicted molar refractivity (Wildman–Crippen MR) is 52.0 cm³/mol. The summed E-state index contributed by atoms with van der Waals surface area (Å²) in [6.07, 6.45) is 6.69. The summed E-state index contributed by atoms with van der Waals surface area (Å²) >= 11 is 2.21. The molecule has 1 saturated heterocycles. The van der Waals surface area contributed by atoms with Crippen molar-refractivity contribution in [1.82, 2.24) is 0 Å². The van der Waals surface area contributed by atoms with E-state index in [0.29, 0.717) is 0 Å². The second kappa shape index (κ2) is 1.95. The van der Waals surface area contributed by atoms with Gasteiger partial charge in [0.2, 0.25) is 0 Å². The molecule has 2 saturated carbocycles. The molecule has 0 aromatic heterocycles. The molecule has 0 nitrogen and oxygen atoms in total. The fourth-order valence-corrected chi connectivity index (χ4v) is 5.58. The maximum atomic E-state index is 2.56. The summed E-state index contributed by atoms with van der Waals surface area (Å²) in [4.78, 5) is 0. The molecule has 1 heterocycles. The third-order valence-corrected chi connectivity index (χ3v) is 5.84. The van der Waals surface area contributed by atoms with E-state index in [4.69, 9.17) is 0 Å². The number of rotatable bonds is 0. The van der Waals surface area contributed by atoms with Gasteiger partial charge >= 0.3 is 0 Å². The summed E-state index contributed by atoms with van der Waals surface area (Å²) in [5, 5.41) is 0. The van der Waals surface area contributed by atoms with Crippen LogP contribution in [0.5, 0.6) is 0 Å². The molecule has 0 spiro atoms. The summed E-state index contributed by atoms with van der Waals surface area (Å²) in [6, 6.07) is 0. The van der Waals surface area contributed by atoms with Crippen LogP contribution in [0.3, 0.4) is 0 Å². The molecule has 6 atom stereocenters. The molecule has 4 aliphatic carbocycles. The first kappa shape index (κ1) is 6.53.